The molecule has 1 aromatic carbocycles. The average molecular weight is 173 g/mol. The van der Waals surface area contributed by atoms with Crippen LogP contribution < -0.4 is 5.32 Å². The molecular weight excluding hydrogens is 162 g/mol. The van der Waals surface area contributed by atoms with Crippen LogP contribution in [0.4, 0.5) is 0 Å². The van der Waals surface area contributed by atoms with Crippen molar-refractivity contribution >= 4 is 5.91 Å². The second-order valence-electron chi connectivity index (χ2n) is 3.86. The maximum Gasteiger partial charge on any atom is 0.227 e. The van der Waals surface area contributed by atoms with Crippen LogP contribution in [0.3, 0.4) is 0 Å². The first-order valence-corrected chi connectivity index (χ1v) is 4.73. The molecule has 1 aliphatic carbocycles. The minimum Gasteiger partial charge on any atom is -0.355 e. The lowest BCUT2D eigenvalue weighted by Crippen LogP contribution is -2.34. The standard InChI is InChI=1S/C11H11NO/c13-11-10-5-7(6-12-11)8-3-1-2-4-9(8)10/h1-4,7,10H,5-6H2,(H,12,13)/t7-,10-/m0/s1. The van der Waals surface area contributed by atoms with E-state index in [0.717, 1.165) is 13.0 Å². The van der Waals surface area contributed by atoms with Crippen molar-refractivity contribution in [2.45, 2.75) is 18.3 Å². The molecular formula is C11H11NO. The van der Waals surface area contributed by atoms with Gasteiger partial charge in [-0.3, -0.25) is 4.79 Å². The molecule has 0 unspecified atom stereocenters. The summed E-state index contributed by atoms with van der Waals surface area (Å²) in [7, 11) is 0. The summed E-state index contributed by atoms with van der Waals surface area (Å²) in [6, 6.07) is 8.32. The molecule has 1 aliphatic heterocycles. The van der Waals surface area contributed by atoms with Crippen LogP contribution >= 0.6 is 0 Å². The van der Waals surface area contributed by atoms with Crippen molar-refractivity contribution in [1.29, 1.82) is 0 Å². The summed E-state index contributed by atoms with van der Waals surface area (Å²) in [6.45, 7) is 0.826. The molecule has 1 saturated heterocycles. The molecule has 1 fully saturated rings. The van der Waals surface area contributed by atoms with Crippen molar-refractivity contribution < 1.29 is 4.79 Å². The van der Waals surface area contributed by atoms with Gasteiger partial charge in [-0.25, -0.2) is 0 Å². The van der Waals surface area contributed by atoms with E-state index in [-0.39, 0.29) is 11.8 Å². The van der Waals surface area contributed by atoms with E-state index in [1.807, 2.05) is 6.07 Å². The number of hydrogen-bond donors (Lipinski definition) is 1. The highest BCUT2D eigenvalue weighted by Gasteiger charge is 2.38. The zero-order chi connectivity index (χ0) is 8.84. The van der Waals surface area contributed by atoms with Gasteiger partial charge in [0, 0.05) is 12.5 Å². The van der Waals surface area contributed by atoms with Crippen LogP contribution in [-0.4, -0.2) is 12.5 Å². The summed E-state index contributed by atoms with van der Waals surface area (Å²) in [6.07, 6.45) is 1.02. The number of piperidine rings is 1. The molecule has 0 radical (unpaired) electrons. The fraction of sp³-hybridized carbons (Fsp3) is 0.364. The molecule has 1 aromatic rings. The molecule has 1 N–H and O–H groups in total. The van der Waals surface area contributed by atoms with Gasteiger partial charge in [-0.2, -0.15) is 0 Å². The fourth-order valence-corrected chi connectivity index (χ4v) is 2.53. The lowest BCUT2D eigenvalue weighted by Gasteiger charge is -2.19. The molecule has 2 bridgehead atoms. The molecule has 3 rings (SSSR count). The Morgan fingerprint density at radius 3 is 2.85 bits per heavy atom. The van der Waals surface area contributed by atoms with Gasteiger partial charge >= 0.3 is 0 Å². The Kier molecular flexibility index (Phi) is 1.29. The summed E-state index contributed by atoms with van der Waals surface area (Å²) in [5.41, 5.74) is 2.63. The SMILES string of the molecule is O=C1NC[C@@H]2C[C@H]1c1ccccc12. The van der Waals surface area contributed by atoms with Gasteiger partial charge in [0.05, 0.1) is 5.92 Å². The van der Waals surface area contributed by atoms with Gasteiger partial charge < -0.3 is 5.32 Å². The Labute approximate surface area is 77.0 Å². The minimum atomic E-state index is 0.134. The van der Waals surface area contributed by atoms with Crippen LogP contribution in [0, 0.1) is 0 Å². The van der Waals surface area contributed by atoms with Crippen LogP contribution in [-0.2, 0) is 4.79 Å². The van der Waals surface area contributed by atoms with E-state index in [9.17, 15) is 4.79 Å². The maximum atomic E-state index is 11.5. The zero-order valence-corrected chi connectivity index (χ0v) is 7.29. The minimum absolute atomic E-state index is 0.134. The number of amides is 1. The van der Waals surface area contributed by atoms with Crippen molar-refractivity contribution in [2.24, 2.45) is 0 Å². The first-order chi connectivity index (χ1) is 6.36. The van der Waals surface area contributed by atoms with E-state index in [2.05, 4.69) is 23.5 Å². The number of benzene rings is 1. The van der Waals surface area contributed by atoms with Crippen LogP contribution in [0.2, 0.25) is 0 Å². The monoisotopic (exact) mass is 173 g/mol. The average Bonchev–Trinajstić information content (AvgIpc) is 2.48. The molecule has 13 heavy (non-hydrogen) atoms. The number of fused-ring (bicyclic) bond motifs is 5. The summed E-state index contributed by atoms with van der Waals surface area (Å²) in [4.78, 5) is 11.5. The van der Waals surface area contributed by atoms with Crippen LogP contribution in [0.15, 0.2) is 24.3 Å². The Bertz CT molecular complexity index is 372. The fourth-order valence-electron chi connectivity index (χ4n) is 2.53. The summed E-state index contributed by atoms with van der Waals surface area (Å²) < 4.78 is 0. The third kappa shape index (κ3) is 0.857. The summed E-state index contributed by atoms with van der Waals surface area (Å²) in [5, 5.41) is 2.95. The Morgan fingerprint density at radius 2 is 2.00 bits per heavy atom. The number of carbonyl (C=O) groups excluding carboxylic acids is 1. The van der Waals surface area contributed by atoms with Gasteiger partial charge in [0.15, 0.2) is 0 Å². The maximum absolute atomic E-state index is 11.5. The molecule has 0 saturated carbocycles. The Morgan fingerprint density at radius 1 is 1.23 bits per heavy atom. The predicted octanol–water partition coefficient (Wildman–Crippen LogP) is 1.39. The summed E-state index contributed by atoms with van der Waals surface area (Å²) in [5.74, 6) is 0.912. The van der Waals surface area contributed by atoms with Crippen molar-refractivity contribution in [3.63, 3.8) is 0 Å². The van der Waals surface area contributed by atoms with E-state index in [1.54, 1.807) is 0 Å². The van der Waals surface area contributed by atoms with Gasteiger partial charge in [0.2, 0.25) is 5.91 Å². The van der Waals surface area contributed by atoms with Crippen LogP contribution in [0.25, 0.3) is 0 Å². The van der Waals surface area contributed by atoms with E-state index in [4.69, 9.17) is 0 Å². The van der Waals surface area contributed by atoms with Gasteiger partial charge in [-0.05, 0) is 17.5 Å². The highest BCUT2D eigenvalue weighted by atomic mass is 16.1. The summed E-state index contributed by atoms with van der Waals surface area (Å²) >= 11 is 0. The van der Waals surface area contributed by atoms with E-state index < -0.39 is 0 Å². The molecule has 2 atom stereocenters. The van der Waals surface area contributed by atoms with Crippen molar-refractivity contribution in [3.05, 3.63) is 35.4 Å². The van der Waals surface area contributed by atoms with Gasteiger partial charge in [0.1, 0.15) is 0 Å². The second kappa shape index (κ2) is 2.34. The van der Waals surface area contributed by atoms with Crippen molar-refractivity contribution in [1.82, 2.24) is 5.32 Å². The van der Waals surface area contributed by atoms with Gasteiger partial charge in [0.25, 0.3) is 0 Å². The lowest BCUT2D eigenvalue weighted by atomic mass is 9.97. The lowest BCUT2D eigenvalue weighted by molar-refractivity contribution is -0.123. The normalized spacial score (nSPS) is 29.7. The molecule has 1 amide bonds. The topological polar surface area (TPSA) is 29.1 Å². The third-order valence-corrected chi connectivity index (χ3v) is 3.17. The largest absolute Gasteiger partial charge is 0.355 e. The molecule has 2 aliphatic rings. The molecule has 2 heteroatoms. The van der Waals surface area contributed by atoms with Gasteiger partial charge in [-0.1, -0.05) is 24.3 Å². The van der Waals surface area contributed by atoms with Crippen LogP contribution in [0.1, 0.15) is 29.4 Å². The second-order valence-corrected chi connectivity index (χ2v) is 3.86. The molecule has 66 valence electrons. The van der Waals surface area contributed by atoms with E-state index in [0.29, 0.717) is 5.92 Å². The van der Waals surface area contributed by atoms with E-state index in [1.165, 1.54) is 11.1 Å². The van der Waals surface area contributed by atoms with E-state index >= 15 is 0 Å². The predicted molar refractivity (Wildman–Crippen MR) is 49.6 cm³/mol. The van der Waals surface area contributed by atoms with Crippen LogP contribution in [0.5, 0.6) is 0 Å². The Balaban J connectivity index is 2.18. The highest BCUT2D eigenvalue weighted by molar-refractivity contribution is 5.86. The number of rotatable bonds is 0. The molecule has 2 nitrogen and oxygen atoms in total. The van der Waals surface area contributed by atoms with Gasteiger partial charge in [-0.15, -0.1) is 0 Å². The Hall–Kier alpha value is -1.31. The first kappa shape index (κ1) is 7.13. The third-order valence-electron chi connectivity index (χ3n) is 3.17. The number of nitrogens with one attached hydrogen (secondary N) is 1. The van der Waals surface area contributed by atoms with Crippen molar-refractivity contribution in [2.75, 3.05) is 6.54 Å². The molecule has 0 aromatic heterocycles. The first-order valence-electron chi connectivity index (χ1n) is 4.73. The number of hydrogen-bond acceptors (Lipinski definition) is 1. The number of carbonyl (C=O) groups is 1. The highest BCUT2D eigenvalue weighted by Crippen LogP contribution is 2.43. The van der Waals surface area contributed by atoms with Crippen molar-refractivity contribution in [3.8, 4) is 0 Å². The smallest absolute Gasteiger partial charge is 0.227 e. The molecule has 1 heterocycles. The molecule has 0 spiro atoms. The quantitative estimate of drug-likeness (QED) is 0.631. The zero-order valence-electron chi connectivity index (χ0n) is 7.29.